The topological polar surface area (TPSA) is 83.8 Å². The Morgan fingerprint density at radius 3 is 0.948 bits per heavy atom. The second-order valence-electron chi connectivity index (χ2n) is 34.1. The van der Waals surface area contributed by atoms with E-state index in [-0.39, 0.29) is 11.8 Å². The van der Waals surface area contributed by atoms with Crippen molar-refractivity contribution in [2.75, 3.05) is 26.3 Å². The van der Waals surface area contributed by atoms with Crippen LogP contribution in [0.5, 0.6) is 0 Å². The van der Waals surface area contributed by atoms with E-state index in [1.165, 1.54) is 239 Å². The van der Waals surface area contributed by atoms with Gasteiger partial charge in [0.05, 0.1) is 106 Å². The summed E-state index contributed by atoms with van der Waals surface area (Å²) in [7, 11) is 0. The minimum absolute atomic E-state index is 0.0730. The fraction of sp³-hybridized carbons (Fsp3) is 0.620. The Morgan fingerprint density at radius 1 is 0.319 bits per heavy atom. The van der Waals surface area contributed by atoms with Crippen molar-refractivity contribution in [2.24, 2.45) is 33.7 Å². The Balaban J connectivity index is 0.939. The lowest BCUT2D eigenvalue weighted by atomic mass is 9.98. The van der Waals surface area contributed by atoms with Gasteiger partial charge in [-0.15, -0.1) is 90.7 Å². The lowest BCUT2D eigenvalue weighted by Crippen LogP contribution is -2.31. The molecule has 4 unspecified atom stereocenters. The molecule has 0 aromatic carbocycles. The molecule has 0 fully saturated rings. The number of ether oxygens (including phenoxy) is 2. The first kappa shape index (κ1) is 90.5. The third-order valence-electron chi connectivity index (χ3n) is 25.4. The van der Waals surface area contributed by atoms with Crippen LogP contribution in [-0.4, -0.2) is 59.7 Å². The van der Waals surface area contributed by atoms with Gasteiger partial charge in [0, 0.05) is 32.6 Å². The van der Waals surface area contributed by atoms with E-state index >= 15 is 9.59 Å². The summed E-state index contributed by atoms with van der Waals surface area (Å²) < 4.78 is 22.9. The van der Waals surface area contributed by atoms with E-state index in [1.54, 1.807) is 22.7 Å². The average molecular weight is 1720 g/mol. The number of rotatable bonds is 58. The van der Waals surface area contributed by atoms with Gasteiger partial charge in [-0.05, 0) is 133 Å². The number of aryl methyl sites for hydroxylation is 2. The van der Waals surface area contributed by atoms with Crippen molar-refractivity contribution in [3.63, 3.8) is 0 Å². The van der Waals surface area contributed by atoms with E-state index in [2.05, 4.69) is 161 Å². The van der Waals surface area contributed by atoms with Gasteiger partial charge in [0.1, 0.15) is 0 Å². The van der Waals surface area contributed by atoms with E-state index in [0.717, 1.165) is 167 Å². The number of amides is 2. The fourth-order valence-corrected chi connectivity index (χ4v) is 28.0. The summed E-state index contributed by atoms with van der Waals surface area (Å²) >= 11 is 15.4. The molecule has 12 heterocycles. The second-order valence-corrected chi connectivity index (χ2v) is 42.3. The predicted molar refractivity (Wildman–Crippen MR) is 516 cm³/mol. The van der Waals surface area contributed by atoms with Gasteiger partial charge >= 0.3 is 0 Å². The third-order valence-corrected chi connectivity index (χ3v) is 35.3. The third kappa shape index (κ3) is 22.4. The fourth-order valence-electron chi connectivity index (χ4n) is 17.9. The highest BCUT2D eigenvalue weighted by Gasteiger charge is 2.48. The van der Waals surface area contributed by atoms with Gasteiger partial charge in [0.2, 0.25) is 11.8 Å². The van der Waals surface area contributed by atoms with Crippen molar-refractivity contribution in [1.29, 1.82) is 0 Å². The molecule has 0 saturated carbocycles. The van der Waals surface area contributed by atoms with Crippen molar-refractivity contribution in [2.45, 2.75) is 352 Å². The maximum absolute atomic E-state index is 15.7. The van der Waals surface area contributed by atoms with Crippen LogP contribution in [0.15, 0.2) is 91.6 Å². The molecule has 4 aliphatic rings. The first-order valence-electron chi connectivity index (χ1n) is 46.8. The summed E-state index contributed by atoms with van der Waals surface area (Å²) in [6.45, 7) is 25.5. The molecule has 0 radical (unpaired) electrons. The zero-order valence-electron chi connectivity index (χ0n) is 72.7. The van der Waals surface area contributed by atoms with Crippen molar-refractivity contribution < 1.29 is 19.1 Å². The quantitative estimate of drug-likeness (QED) is 0.0356. The molecule has 632 valence electrons. The van der Waals surface area contributed by atoms with E-state index < -0.39 is 0 Å². The largest absolute Gasteiger partial charge is 0.477 e. The molecule has 0 spiro atoms. The first-order valence-corrected chi connectivity index (χ1v) is 53.5. The van der Waals surface area contributed by atoms with Crippen LogP contribution in [0.2, 0.25) is 0 Å². The highest BCUT2D eigenvalue weighted by molar-refractivity contribution is 7.46. The van der Waals surface area contributed by atoms with Crippen LogP contribution in [-0.2, 0) is 31.9 Å². The minimum atomic E-state index is 0.0730. The SMILES string of the molecule is CCCCCCCCCCCCCCCc1c(-c2ccc(C3=C4C(OCC(CC)CCCC)=NC(c5cccs5)=C4C(=O)N3CC(CC)CCCC)s2)sc2c1sc1c3sc(-c4ccc(C5=C6C(OCC(CC)CCCC)=NC(c7cccs7)=C6C(=O)N5CC(CC)CCCC)s4)c(CCCCCCCCCCCCCCC)c3sc21. The Kier molecular flexibility index (Phi) is 36.7. The maximum Gasteiger partial charge on any atom is 0.261 e. The van der Waals surface area contributed by atoms with Gasteiger partial charge in [-0.25, -0.2) is 9.98 Å². The molecule has 0 N–H and O–H groups in total. The minimum Gasteiger partial charge on any atom is -0.477 e. The first-order chi connectivity index (χ1) is 57.0. The standard InChI is InChI=1S/C100H140N4O4S8/c1-11-21-27-29-31-33-35-37-39-41-43-45-47-55-73-89(79-61-59-77(111-79)87-83-81(99(105)103(87)65-69(17-7)51-23-13-3)85(75-57-49-63-109-75)101-97(83)107-67-71(19-9)53-25-15-5)113-93-91(73)115-96-94-92(116-95(93)96)74(56-48-46-44-42-40-38-36-34-32-30-28-22-12-2)90(114-94)80-62-60-78(112-80)88-84-82(100(106)104(88)66-70(18-8)52-24-14-4)86(76-58-50-64-110-76)102-98(84)108-68-72(20-10)54-26-16-6/h49-50,57-64,69-72H,11-48,51-56,65-68H2,1-10H3. The molecule has 2 amide bonds. The molecule has 0 saturated heterocycles. The average Bonchev–Trinajstić information content (AvgIpc) is 1.57. The number of hydrogen-bond donors (Lipinski definition) is 0. The highest BCUT2D eigenvalue weighted by Crippen LogP contribution is 2.59. The van der Waals surface area contributed by atoms with Crippen LogP contribution < -0.4 is 0 Å². The van der Waals surface area contributed by atoms with Crippen molar-refractivity contribution in [1.82, 2.24) is 9.80 Å². The molecule has 16 heteroatoms. The van der Waals surface area contributed by atoms with Crippen molar-refractivity contribution >= 4 is 165 Å². The number of nitrogens with zero attached hydrogens (tertiary/aromatic N) is 4. The van der Waals surface area contributed by atoms with Crippen LogP contribution in [0.4, 0.5) is 0 Å². The van der Waals surface area contributed by atoms with Gasteiger partial charge in [-0.3, -0.25) is 9.59 Å². The van der Waals surface area contributed by atoms with Gasteiger partial charge in [0.25, 0.3) is 11.8 Å². The van der Waals surface area contributed by atoms with E-state index in [1.807, 2.05) is 45.3 Å². The van der Waals surface area contributed by atoms with E-state index in [4.69, 9.17) is 19.5 Å². The summed E-state index contributed by atoms with van der Waals surface area (Å²) in [6, 6.07) is 18.0. The molecule has 12 rings (SSSR count). The van der Waals surface area contributed by atoms with Crippen molar-refractivity contribution in [3.05, 3.63) is 112 Å². The Morgan fingerprint density at radius 2 is 0.629 bits per heavy atom. The van der Waals surface area contributed by atoms with Crippen LogP contribution in [0.25, 0.3) is 70.5 Å². The van der Waals surface area contributed by atoms with Crippen LogP contribution in [0.1, 0.15) is 370 Å². The molecule has 4 atom stereocenters. The normalized spacial score (nSPS) is 15.6. The van der Waals surface area contributed by atoms with Gasteiger partial charge in [-0.1, -0.05) is 313 Å². The molecule has 116 heavy (non-hydrogen) atoms. The lowest BCUT2D eigenvalue weighted by molar-refractivity contribution is -0.124. The highest BCUT2D eigenvalue weighted by atomic mass is 32.1. The molecule has 8 aromatic heterocycles. The number of hydrogen-bond acceptors (Lipinski definition) is 14. The number of unbranched alkanes of at least 4 members (excludes halogenated alkanes) is 28. The number of carbonyl (C=O) groups excluding carboxylic acids is 2. The molecule has 0 aliphatic carbocycles. The lowest BCUT2D eigenvalue weighted by Gasteiger charge is -2.26. The smallest absolute Gasteiger partial charge is 0.261 e. The molecular formula is C100H140N4O4S8. The predicted octanol–water partition coefficient (Wildman–Crippen LogP) is 33.9. The molecule has 0 bridgehead atoms. The Hall–Kier alpha value is -4.78. The van der Waals surface area contributed by atoms with Gasteiger partial charge in [-0.2, -0.15) is 0 Å². The summed E-state index contributed by atoms with van der Waals surface area (Å²) in [4.78, 5) is 56.1. The molecule has 8 nitrogen and oxygen atoms in total. The maximum atomic E-state index is 15.7. The van der Waals surface area contributed by atoms with Gasteiger partial charge < -0.3 is 19.3 Å². The summed E-state index contributed by atoms with van der Waals surface area (Å²) in [5.74, 6) is 2.99. The molecular weight excluding hydrogens is 1580 g/mol. The summed E-state index contributed by atoms with van der Waals surface area (Å²) in [5.41, 5.74) is 9.84. The Labute approximate surface area is 731 Å². The zero-order chi connectivity index (χ0) is 81.1. The number of aliphatic imine (C=N–C) groups is 2. The number of carbonyl (C=O) groups is 2. The molecule has 8 aromatic rings. The summed E-state index contributed by atoms with van der Waals surface area (Å²) in [6.07, 6.45) is 54.7. The number of thiophene rings is 8. The van der Waals surface area contributed by atoms with Crippen LogP contribution in [0.3, 0.4) is 0 Å². The summed E-state index contributed by atoms with van der Waals surface area (Å²) in [5, 5.41) is 4.22. The zero-order valence-corrected chi connectivity index (χ0v) is 79.2. The van der Waals surface area contributed by atoms with Gasteiger partial charge in [0.15, 0.2) is 0 Å². The van der Waals surface area contributed by atoms with Crippen LogP contribution >= 0.6 is 90.7 Å². The van der Waals surface area contributed by atoms with E-state index in [9.17, 15) is 0 Å². The number of fused-ring (bicyclic) bond motifs is 7. The van der Waals surface area contributed by atoms with E-state index in [0.29, 0.717) is 61.8 Å². The second kappa shape index (κ2) is 47.0. The molecule has 4 aliphatic heterocycles. The van der Waals surface area contributed by atoms with Crippen molar-refractivity contribution in [3.8, 4) is 19.5 Å². The van der Waals surface area contributed by atoms with Crippen LogP contribution in [0, 0.1) is 23.7 Å². The monoisotopic (exact) mass is 1720 g/mol. The Bertz CT molecular complexity index is 4300.